The molecular formula is C38H60N8O6S2. The molecule has 5 heterocycles. The molecule has 0 aliphatic carbocycles. The Kier molecular flexibility index (Phi) is 14.2. The van der Waals surface area contributed by atoms with E-state index in [2.05, 4.69) is 21.3 Å². The van der Waals surface area contributed by atoms with E-state index in [-0.39, 0.29) is 59.1 Å². The van der Waals surface area contributed by atoms with E-state index in [4.69, 9.17) is 9.98 Å². The third-order valence-electron chi connectivity index (χ3n) is 11.6. The van der Waals surface area contributed by atoms with Crippen LogP contribution in [-0.4, -0.2) is 128 Å². The minimum absolute atomic E-state index is 0.0593. The van der Waals surface area contributed by atoms with Gasteiger partial charge in [-0.25, -0.2) is 0 Å². The summed E-state index contributed by atoms with van der Waals surface area (Å²) in [5, 5.41) is 13.6. The second-order valence-electron chi connectivity index (χ2n) is 16.2. The molecule has 0 aromatic carbocycles. The fraction of sp³-hybridized carbons (Fsp3) is 0.789. The summed E-state index contributed by atoms with van der Waals surface area (Å²) in [6.45, 7) is 16.5. The number of carbonyl (C=O) groups is 6. The summed E-state index contributed by atoms with van der Waals surface area (Å²) in [7, 11) is 0. The lowest BCUT2D eigenvalue weighted by Gasteiger charge is -2.33. The maximum Gasteiger partial charge on any atom is 0.246 e. The maximum atomic E-state index is 14.2. The summed E-state index contributed by atoms with van der Waals surface area (Å²) in [6.07, 6.45) is 3.56. The average molecular weight is 789 g/mol. The summed E-state index contributed by atoms with van der Waals surface area (Å²) < 4.78 is 0. The highest BCUT2D eigenvalue weighted by Crippen LogP contribution is 2.29. The number of thioether (sulfide) groups is 2. The molecule has 2 fully saturated rings. The summed E-state index contributed by atoms with van der Waals surface area (Å²) in [5.41, 5.74) is 0. The number of aliphatic imine (C=N–C) groups is 2. The molecule has 4 N–H and O–H groups in total. The smallest absolute Gasteiger partial charge is 0.246 e. The van der Waals surface area contributed by atoms with Crippen molar-refractivity contribution in [1.82, 2.24) is 31.1 Å². The molecule has 14 nitrogen and oxygen atoms in total. The normalized spacial score (nSPS) is 33.0. The first-order valence-electron chi connectivity index (χ1n) is 19.9. The molecule has 54 heavy (non-hydrogen) atoms. The van der Waals surface area contributed by atoms with Gasteiger partial charge < -0.3 is 31.1 Å². The van der Waals surface area contributed by atoms with Crippen molar-refractivity contribution in [2.24, 2.45) is 33.7 Å². The standard InChI is InChI=1S/C38H60N8O6S2/c1-9-21(7)29-37(51)45-15-11-13-25(45)33(49)41-28(20(5)6)36-40-24(18-54-36)32(48)44-30(22(8)10-2)38(52)46-16-12-14-26(46)34(50)42-27(19(3)4)35-39-23(17-53-35)31(47)43-29/h19-30H,9-18H2,1-8H3,(H,41,49)(H,42,50)(H,43,47)(H,44,48)/t21-,22-,23?,24?,25-,26-,27+,28+,29-,30-/m0/s1. The van der Waals surface area contributed by atoms with Crippen molar-refractivity contribution in [3.63, 3.8) is 0 Å². The zero-order chi connectivity index (χ0) is 39.4. The van der Waals surface area contributed by atoms with Gasteiger partial charge in [-0.3, -0.25) is 38.8 Å². The Hall–Kier alpha value is -3.14. The number of fused-ring (bicyclic) bond motifs is 4. The number of rotatable bonds is 6. The summed E-state index contributed by atoms with van der Waals surface area (Å²) >= 11 is 2.82. The zero-order valence-corrected chi connectivity index (χ0v) is 34.7. The number of amides is 6. The van der Waals surface area contributed by atoms with Gasteiger partial charge in [-0.1, -0.05) is 68.2 Å². The second-order valence-corrected chi connectivity index (χ2v) is 18.3. The molecule has 2 unspecified atom stereocenters. The third kappa shape index (κ3) is 9.11. The number of hydrogen-bond acceptors (Lipinski definition) is 10. The Morgan fingerprint density at radius 3 is 1.26 bits per heavy atom. The van der Waals surface area contributed by atoms with Gasteiger partial charge in [0.1, 0.15) is 36.3 Å². The molecule has 5 aliphatic heterocycles. The van der Waals surface area contributed by atoms with Gasteiger partial charge in [-0.05, 0) is 49.4 Å². The first kappa shape index (κ1) is 42.0. The second kappa shape index (κ2) is 18.2. The van der Waals surface area contributed by atoms with E-state index in [1.54, 1.807) is 9.80 Å². The first-order chi connectivity index (χ1) is 25.7. The average Bonchev–Trinajstić information content (AvgIpc) is 3.98. The van der Waals surface area contributed by atoms with Crippen molar-refractivity contribution in [2.75, 3.05) is 24.6 Å². The molecule has 300 valence electrons. The van der Waals surface area contributed by atoms with Crippen molar-refractivity contribution in [2.45, 2.75) is 142 Å². The largest absolute Gasteiger partial charge is 0.345 e. The van der Waals surface area contributed by atoms with Crippen LogP contribution in [0.2, 0.25) is 0 Å². The van der Waals surface area contributed by atoms with E-state index in [0.29, 0.717) is 73.2 Å². The van der Waals surface area contributed by atoms with E-state index in [9.17, 15) is 28.8 Å². The van der Waals surface area contributed by atoms with Crippen molar-refractivity contribution < 1.29 is 28.8 Å². The quantitative estimate of drug-likeness (QED) is 0.317. The van der Waals surface area contributed by atoms with Crippen LogP contribution in [0.25, 0.3) is 0 Å². The molecule has 2 saturated heterocycles. The van der Waals surface area contributed by atoms with E-state index in [0.717, 1.165) is 0 Å². The zero-order valence-electron chi connectivity index (χ0n) is 33.1. The van der Waals surface area contributed by atoms with Crippen molar-refractivity contribution in [1.29, 1.82) is 0 Å². The van der Waals surface area contributed by atoms with E-state index in [1.165, 1.54) is 23.5 Å². The first-order valence-corrected chi connectivity index (χ1v) is 21.9. The van der Waals surface area contributed by atoms with Gasteiger partial charge in [-0.15, -0.1) is 23.5 Å². The van der Waals surface area contributed by atoms with Crippen molar-refractivity contribution in [3.8, 4) is 0 Å². The molecule has 10 atom stereocenters. The molecule has 0 saturated carbocycles. The van der Waals surface area contributed by atoms with Gasteiger partial charge in [0.05, 0.1) is 22.2 Å². The fourth-order valence-electron chi connectivity index (χ4n) is 7.75. The number of carbonyl (C=O) groups excluding carboxylic acids is 6. The van der Waals surface area contributed by atoms with Crippen LogP contribution >= 0.6 is 23.5 Å². The topological polar surface area (TPSA) is 182 Å². The fourth-order valence-corrected chi connectivity index (χ4v) is 10.3. The molecule has 0 aromatic heterocycles. The number of nitrogens with zero attached hydrogens (tertiary/aromatic N) is 4. The monoisotopic (exact) mass is 788 g/mol. The Labute approximate surface area is 328 Å². The van der Waals surface area contributed by atoms with Crippen LogP contribution in [0.5, 0.6) is 0 Å². The van der Waals surface area contributed by atoms with Crippen LogP contribution in [0.3, 0.4) is 0 Å². The highest BCUT2D eigenvalue weighted by Gasteiger charge is 2.44. The number of hydrogen-bond donors (Lipinski definition) is 4. The highest BCUT2D eigenvalue weighted by molar-refractivity contribution is 8.14. The molecule has 5 rings (SSSR count). The van der Waals surface area contributed by atoms with E-state index >= 15 is 0 Å². The van der Waals surface area contributed by atoms with Crippen molar-refractivity contribution >= 4 is 69.1 Å². The predicted molar refractivity (Wildman–Crippen MR) is 213 cm³/mol. The lowest BCUT2D eigenvalue weighted by Crippen LogP contribution is -2.58. The van der Waals surface area contributed by atoms with Crippen LogP contribution in [0, 0.1) is 23.7 Å². The lowest BCUT2D eigenvalue weighted by atomic mass is 9.96. The van der Waals surface area contributed by atoms with Crippen LogP contribution in [-0.2, 0) is 28.8 Å². The van der Waals surface area contributed by atoms with Crippen LogP contribution in [0.15, 0.2) is 9.98 Å². The van der Waals surface area contributed by atoms with Gasteiger partial charge in [-0.2, -0.15) is 0 Å². The van der Waals surface area contributed by atoms with Crippen molar-refractivity contribution in [3.05, 3.63) is 0 Å². The van der Waals surface area contributed by atoms with Gasteiger partial charge in [0.15, 0.2) is 0 Å². The minimum atomic E-state index is -0.841. The molecule has 5 aliphatic rings. The van der Waals surface area contributed by atoms with Crippen LogP contribution in [0.1, 0.15) is 93.9 Å². The Bertz CT molecular complexity index is 1410. The predicted octanol–water partition coefficient (Wildman–Crippen LogP) is 2.35. The SMILES string of the molecule is CC[C@H](C)[C@@H]1NC(=O)C2CSC(=N2)[C@@H](C(C)C)NC(=O)[C@@H]2CCCN2C(=O)[C@H]([C@@H](C)CC)NC(=O)C2CSC(=N2)[C@@H](C(C)C)NC(=O)[C@@H]2CCCN2C1=O. The highest BCUT2D eigenvalue weighted by atomic mass is 32.2. The Morgan fingerprint density at radius 2 is 0.926 bits per heavy atom. The minimum Gasteiger partial charge on any atom is -0.345 e. The summed E-state index contributed by atoms with van der Waals surface area (Å²) in [6, 6.07) is -5.57. The van der Waals surface area contributed by atoms with E-state index in [1.807, 2.05) is 55.4 Å². The molecule has 4 bridgehead atoms. The molecule has 0 radical (unpaired) electrons. The molecule has 0 spiro atoms. The van der Waals surface area contributed by atoms with Crippen LogP contribution in [0.4, 0.5) is 0 Å². The number of nitrogens with one attached hydrogen (secondary N) is 4. The maximum absolute atomic E-state index is 14.2. The van der Waals surface area contributed by atoms with Gasteiger partial charge in [0.25, 0.3) is 0 Å². The molecule has 16 heteroatoms. The Balaban J connectivity index is 1.50. The molecule has 0 aromatic rings. The van der Waals surface area contributed by atoms with E-state index < -0.39 is 48.3 Å². The van der Waals surface area contributed by atoms with Gasteiger partial charge >= 0.3 is 0 Å². The summed E-state index contributed by atoms with van der Waals surface area (Å²) in [5.74, 6) is -1.67. The summed E-state index contributed by atoms with van der Waals surface area (Å²) in [4.78, 5) is 96.8. The Morgan fingerprint density at radius 1 is 0.574 bits per heavy atom. The lowest BCUT2D eigenvalue weighted by molar-refractivity contribution is -0.142. The third-order valence-corrected chi connectivity index (χ3v) is 13.9. The van der Waals surface area contributed by atoms with Gasteiger partial charge in [0.2, 0.25) is 35.4 Å². The molecule has 6 amide bonds. The molecular weight excluding hydrogens is 729 g/mol. The van der Waals surface area contributed by atoms with Crippen LogP contribution < -0.4 is 21.3 Å². The van der Waals surface area contributed by atoms with Gasteiger partial charge in [0, 0.05) is 24.6 Å².